The summed E-state index contributed by atoms with van der Waals surface area (Å²) in [5.41, 5.74) is 7.60. The molecule has 0 aliphatic heterocycles. The minimum Gasteiger partial charge on any atom is -0.378 e. The number of rotatable bonds is 5. The topological polar surface area (TPSA) is 73.4 Å². The molecule has 150 valence electrons. The van der Waals surface area contributed by atoms with Crippen molar-refractivity contribution in [1.82, 2.24) is 15.6 Å². The first-order valence-electron chi connectivity index (χ1n) is 9.90. The lowest BCUT2D eigenvalue weighted by atomic mass is 9.76. The van der Waals surface area contributed by atoms with E-state index in [4.69, 9.17) is 0 Å². The molecule has 0 radical (unpaired) electrons. The van der Waals surface area contributed by atoms with E-state index in [0.29, 0.717) is 17.0 Å². The number of nitrogens with one attached hydrogen (secondary N) is 2. The van der Waals surface area contributed by atoms with Crippen LogP contribution in [0.4, 0.5) is 5.69 Å². The first kappa shape index (κ1) is 20.1. The summed E-state index contributed by atoms with van der Waals surface area (Å²) in [6.45, 7) is 6.81. The summed E-state index contributed by atoms with van der Waals surface area (Å²) in [6, 6.07) is 7.97. The van der Waals surface area contributed by atoms with Crippen LogP contribution in [0.15, 0.2) is 29.4 Å². The maximum Gasteiger partial charge on any atom is 0.292 e. The van der Waals surface area contributed by atoms with Crippen LogP contribution in [0.25, 0.3) is 0 Å². The molecule has 2 N–H and O–H groups in total. The largest absolute Gasteiger partial charge is 0.378 e. The molecule has 0 saturated carbocycles. The number of carbonyl (C=O) groups is 1. The molecule has 1 atom stereocenters. The molecule has 6 heteroatoms. The van der Waals surface area contributed by atoms with Crippen molar-refractivity contribution in [3.05, 3.63) is 46.8 Å². The lowest BCUT2D eigenvalue weighted by Crippen LogP contribution is -2.24. The van der Waals surface area contributed by atoms with Crippen LogP contribution >= 0.6 is 0 Å². The predicted octanol–water partition coefficient (Wildman–Crippen LogP) is 3.78. The summed E-state index contributed by atoms with van der Waals surface area (Å²) in [6.07, 6.45) is 5.81. The van der Waals surface area contributed by atoms with Gasteiger partial charge in [0.2, 0.25) is 0 Å². The normalized spacial score (nSPS) is 16.8. The third-order valence-electron chi connectivity index (χ3n) is 5.15. The standard InChI is InChI=1S/C22H31N5O/c1-22(2,3)13-16-8-11-19-18(12-16)20(25-24-19)21(28)26-23-14-15-6-9-17(10-7-15)27(4)5/h6-7,9-10,14,16H,8,11-13H2,1-5H3,(H,24,25)(H,26,28). The average molecular weight is 382 g/mol. The number of hydrogen-bond donors (Lipinski definition) is 2. The summed E-state index contributed by atoms with van der Waals surface area (Å²) >= 11 is 0. The molecule has 1 aliphatic rings. The second-order valence-electron chi connectivity index (χ2n) is 9.09. The highest BCUT2D eigenvalue weighted by atomic mass is 16.2. The number of hydrogen-bond acceptors (Lipinski definition) is 4. The van der Waals surface area contributed by atoms with Crippen molar-refractivity contribution in [1.29, 1.82) is 0 Å². The number of carbonyl (C=O) groups excluding carboxylic acids is 1. The number of aryl methyl sites for hydroxylation is 1. The Morgan fingerprint density at radius 3 is 2.68 bits per heavy atom. The second-order valence-corrected chi connectivity index (χ2v) is 9.09. The van der Waals surface area contributed by atoms with E-state index in [0.717, 1.165) is 48.2 Å². The average Bonchev–Trinajstić information content (AvgIpc) is 3.04. The SMILES string of the molecule is CN(C)c1ccc(C=NNC(=O)c2n[nH]c3c2CC(CC(C)(C)C)CC3)cc1. The Kier molecular flexibility index (Phi) is 5.87. The summed E-state index contributed by atoms with van der Waals surface area (Å²) in [5, 5.41) is 11.4. The van der Waals surface area contributed by atoms with Gasteiger partial charge in [-0.25, -0.2) is 5.43 Å². The number of fused-ring (bicyclic) bond motifs is 1. The molecular formula is C22H31N5O. The van der Waals surface area contributed by atoms with Crippen molar-refractivity contribution in [2.45, 2.75) is 46.5 Å². The molecule has 1 unspecified atom stereocenters. The van der Waals surface area contributed by atoms with Crippen molar-refractivity contribution in [3.8, 4) is 0 Å². The van der Waals surface area contributed by atoms with E-state index >= 15 is 0 Å². The lowest BCUT2D eigenvalue weighted by molar-refractivity contribution is 0.0948. The quantitative estimate of drug-likeness (QED) is 0.611. The van der Waals surface area contributed by atoms with Crippen LogP contribution in [0.5, 0.6) is 0 Å². The highest BCUT2D eigenvalue weighted by Crippen LogP contribution is 2.34. The minimum atomic E-state index is -0.255. The van der Waals surface area contributed by atoms with Crippen LogP contribution in [0, 0.1) is 11.3 Å². The third-order valence-corrected chi connectivity index (χ3v) is 5.15. The molecule has 0 saturated heterocycles. The van der Waals surface area contributed by atoms with Gasteiger partial charge in [-0.3, -0.25) is 9.89 Å². The van der Waals surface area contributed by atoms with E-state index in [1.807, 2.05) is 43.3 Å². The predicted molar refractivity (Wildman–Crippen MR) is 114 cm³/mol. The van der Waals surface area contributed by atoms with Gasteiger partial charge >= 0.3 is 0 Å². The van der Waals surface area contributed by atoms with Crippen molar-refractivity contribution in [3.63, 3.8) is 0 Å². The van der Waals surface area contributed by atoms with Crippen LogP contribution in [-0.2, 0) is 12.8 Å². The first-order valence-corrected chi connectivity index (χ1v) is 9.90. The van der Waals surface area contributed by atoms with E-state index in [1.165, 1.54) is 0 Å². The van der Waals surface area contributed by atoms with Crippen molar-refractivity contribution < 1.29 is 4.79 Å². The van der Waals surface area contributed by atoms with Gasteiger partial charge in [-0.05, 0) is 54.7 Å². The van der Waals surface area contributed by atoms with Gasteiger partial charge in [0.25, 0.3) is 5.91 Å². The van der Waals surface area contributed by atoms with Crippen LogP contribution in [0.2, 0.25) is 0 Å². The lowest BCUT2D eigenvalue weighted by Gasteiger charge is -2.28. The maximum atomic E-state index is 12.6. The van der Waals surface area contributed by atoms with Crippen molar-refractivity contribution in [2.75, 3.05) is 19.0 Å². The number of nitrogens with zero attached hydrogens (tertiary/aromatic N) is 3. The Morgan fingerprint density at radius 1 is 1.32 bits per heavy atom. The van der Waals surface area contributed by atoms with Crippen molar-refractivity contribution >= 4 is 17.8 Å². The van der Waals surface area contributed by atoms with Crippen LogP contribution in [-0.4, -0.2) is 36.4 Å². The van der Waals surface area contributed by atoms with Crippen molar-refractivity contribution in [2.24, 2.45) is 16.4 Å². The van der Waals surface area contributed by atoms with Gasteiger partial charge in [-0.15, -0.1) is 0 Å². The van der Waals surface area contributed by atoms with Gasteiger partial charge in [-0.2, -0.15) is 10.2 Å². The molecule has 0 bridgehead atoms. The summed E-state index contributed by atoms with van der Waals surface area (Å²) in [5.74, 6) is 0.338. The molecule has 1 aliphatic carbocycles. The fourth-order valence-electron chi connectivity index (χ4n) is 3.87. The van der Waals surface area contributed by atoms with Crippen LogP contribution in [0.3, 0.4) is 0 Å². The zero-order chi connectivity index (χ0) is 20.3. The molecule has 1 heterocycles. The fourth-order valence-corrected chi connectivity index (χ4v) is 3.87. The van der Waals surface area contributed by atoms with Gasteiger partial charge in [0.05, 0.1) is 6.21 Å². The molecule has 6 nitrogen and oxygen atoms in total. The molecule has 1 aromatic carbocycles. The fraction of sp³-hybridized carbons (Fsp3) is 0.500. The number of amides is 1. The third kappa shape index (κ3) is 5.00. The molecule has 1 amide bonds. The second kappa shape index (κ2) is 8.17. The summed E-state index contributed by atoms with van der Waals surface area (Å²) < 4.78 is 0. The molecule has 1 aromatic heterocycles. The Hall–Kier alpha value is -2.63. The van der Waals surface area contributed by atoms with E-state index in [1.54, 1.807) is 6.21 Å². The van der Waals surface area contributed by atoms with Crippen LogP contribution < -0.4 is 10.3 Å². The highest BCUT2D eigenvalue weighted by Gasteiger charge is 2.28. The Balaban J connectivity index is 1.63. The number of anilines is 1. The number of aromatic nitrogens is 2. The minimum absolute atomic E-state index is 0.255. The zero-order valence-electron chi connectivity index (χ0n) is 17.5. The maximum absolute atomic E-state index is 12.6. The van der Waals surface area contributed by atoms with E-state index in [9.17, 15) is 4.79 Å². The van der Waals surface area contributed by atoms with E-state index in [-0.39, 0.29) is 5.91 Å². The Labute approximate surface area is 167 Å². The highest BCUT2D eigenvalue weighted by molar-refractivity contribution is 5.94. The van der Waals surface area contributed by atoms with Gasteiger partial charge in [0.15, 0.2) is 5.69 Å². The Bertz CT molecular complexity index is 843. The van der Waals surface area contributed by atoms with Gasteiger partial charge in [-0.1, -0.05) is 32.9 Å². The number of hydrazone groups is 1. The number of H-pyrrole nitrogens is 1. The molecule has 0 spiro atoms. The first-order chi connectivity index (χ1) is 13.2. The van der Waals surface area contributed by atoms with E-state index < -0.39 is 0 Å². The smallest absolute Gasteiger partial charge is 0.292 e. The molecule has 3 rings (SSSR count). The number of benzene rings is 1. The zero-order valence-corrected chi connectivity index (χ0v) is 17.5. The van der Waals surface area contributed by atoms with Gasteiger partial charge in [0.1, 0.15) is 0 Å². The molecular weight excluding hydrogens is 350 g/mol. The molecule has 0 fully saturated rings. The van der Waals surface area contributed by atoms with E-state index in [2.05, 4.69) is 41.5 Å². The monoisotopic (exact) mass is 381 g/mol. The number of aromatic amines is 1. The molecule has 28 heavy (non-hydrogen) atoms. The Morgan fingerprint density at radius 2 is 2.04 bits per heavy atom. The summed E-state index contributed by atoms with van der Waals surface area (Å²) in [7, 11) is 4.00. The summed E-state index contributed by atoms with van der Waals surface area (Å²) in [4.78, 5) is 14.6. The molecule has 2 aromatic rings. The van der Waals surface area contributed by atoms with Gasteiger partial charge in [0, 0.05) is 31.0 Å². The van der Waals surface area contributed by atoms with Gasteiger partial charge < -0.3 is 4.90 Å². The van der Waals surface area contributed by atoms with Crippen LogP contribution in [0.1, 0.15) is 60.9 Å².